The van der Waals surface area contributed by atoms with Crippen molar-refractivity contribution in [1.82, 2.24) is 5.32 Å². The van der Waals surface area contributed by atoms with Crippen molar-refractivity contribution in [2.45, 2.75) is 58.2 Å². The Morgan fingerprint density at radius 2 is 2.06 bits per heavy atom. The van der Waals surface area contributed by atoms with E-state index < -0.39 is 0 Å². The maximum atomic E-state index is 6.48. The van der Waals surface area contributed by atoms with Gasteiger partial charge in [0.1, 0.15) is 0 Å². The van der Waals surface area contributed by atoms with Crippen molar-refractivity contribution in [3.8, 4) is 0 Å². The third-order valence-electron chi connectivity index (χ3n) is 4.79. The molecule has 2 rings (SSSR count). The zero-order chi connectivity index (χ0) is 12.0. The minimum Gasteiger partial charge on any atom is -0.378 e. The molecule has 0 radical (unpaired) electrons. The molecule has 3 heteroatoms. The first kappa shape index (κ1) is 12.3. The van der Waals surface area contributed by atoms with Gasteiger partial charge in [0, 0.05) is 30.1 Å². The van der Waals surface area contributed by atoms with E-state index >= 15 is 0 Å². The van der Waals surface area contributed by atoms with Crippen molar-refractivity contribution in [2.75, 3.05) is 13.2 Å². The van der Waals surface area contributed by atoms with Crippen LogP contribution in [0, 0.1) is 11.3 Å². The minimum atomic E-state index is -0.0881. The smallest absolute Gasteiger partial charge is 0.0662 e. The van der Waals surface area contributed by atoms with Crippen LogP contribution in [0.3, 0.4) is 0 Å². The molecule has 2 fully saturated rings. The zero-order valence-electron chi connectivity index (χ0n) is 11.0. The molecule has 4 atom stereocenters. The van der Waals surface area contributed by atoms with E-state index in [2.05, 4.69) is 33.0 Å². The van der Waals surface area contributed by atoms with E-state index in [9.17, 15) is 0 Å². The largest absolute Gasteiger partial charge is 0.378 e. The van der Waals surface area contributed by atoms with Gasteiger partial charge in [0.25, 0.3) is 0 Å². The SMILES string of the molecule is CCOC1CC(N)(CNC2CC2C)C1(C)C. The number of hydrogen-bond donors (Lipinski definition) is 2. The quantitative estimate of drug-likeness (QED) is 0.747. The van der Waals surface area contributed by atoms with Crippen LogP contribution in [0.25, 0.3) is 0 Å². The van der Waals surface area contributed by atoms with Crippen molar-refractivity contribution in [3.63, 3.8) is 0 Å². The minimum absolute atomic E-state index is 0.0881. The van der Waals surface area contributed by atoms with Gasteiger partial charge in [0.2, 0.25) is 0 Å². The lowest BCUT2D eigenvalue weighted by Crippen LogP contribution is -2.73. The van der Waals surface area contributed by atoms with Crippen molar-refractivity contribution >= 4 is 0 Å². The van der Waals surface area contributed by atoms with Crippen molar-refractivity contribution < 1.29 is 4.74 Å². The fourth-order valence-corrected chi connectivity index (χ4v) is 2.73. The van der Waals surface area contributed by atoms with Gasteiger partial charge in [-0.15, -0.1) is 0 Å². The second kappa shape index (κ2) is 3.97. The van der Waals surface area contributed by atoms with Crippen molar-refractivity contribution in [3.05, 3.63) is 0 Å². The summed E-state index contributed by atoms with van der Waals surface area (Å²) in [5, 5.41) is 3.59. The first-order valence-corrected chi connectivity index (χ1v) is 6.54. The Balaban J connectivity index is 1.84. The summed E-state index contributed by atoms with van der Waals surface area (Å²) in [6, 6.07) is 0.711. The molecule has 2 saturated carbocycles. The molecule has 3 N–H and O–H groups in total. The molecule has 0 amide bonds. The number of hydrogen-bond acceptors (Lipinski definition) is 3. The molecule has 0 aliphatic heterocycles. The molecular weight excluding hydrogens is 200 g/mol. The van der Waals surface area contributed by atoms with Gasteiger partial charge in [-0.1, -0.05) is 20.8 Å². The Kier molecular flexibility index (Phi) is 3.06. The first-order valence-electron chi connectivity index (χ1n) is 6.54. The lowest BCUT2D eigenvalue weighted by Gasteiger charge is -2.59. The number of ether oxygens (including phenoxy) is 1. The number of nitrogens with one attached hydrogen (secondary N) is 1. The molecule has 0 saturated heterocycles. The van der Waals surface area contributed by atoms with Crippen LogP contribution in [0.2, 0.25) is 0 Å². The molecular formula is C13H26N2O. The summed E-state index contributed by atoms with van der Waals surface area (Å²) in [6.45, 7) is 10.5. The maximum Gasteiger partial charge on any atom is 0.0662 e. The standard InChI is InChI=1S/C13H26N2O/c1-5-16-11-7-13(14,12(11,3)4)8-15-10-6-9(10)2/h9-11,15H,5-8,14H2,1-4H3. The van der Waals surface area contributed by atoms with Crippen LogP contribution < -0.4 is 11.1 Å². The monoisotopic (exact) mass is 226 g/mol. The lowest BCUT2D eigenvalue weighted by molar-refractivity contribution is -0.148. The number of rotatable bonds is 5. The summed E-state index contributed by atoms with van der Waals surface area (Å²) in [5.74, 6) is 0.842. The van der Waals surface area contributed by atoms with Crippen LogP contribution in [0.5, 0.6) is 0 Å². The molecule has 3 nitrogen and oxygen atoms in total. The van der Waals surface area contributed by atoms with Crippen molar-refractivity contribution in [1.29, 1.82) is 0 Å². The van der Waals surface area contributed by atoms with Crippen LogP contribution in [0.15, 0.2) is 0 Å². The summed E-state index contributed by atoms with van der Waals surface area (Å²) < 4.78 is 5.72. The van der Waals surface area contributed by atoms with Crippen LogP contribution in [-0.4, -0.2) is 30.8 Å². The van der Waals surface area contributed by atoms with Gasteiger partial charge in [-0.3, -0.25) is 0 Å². The third-order valence-corrected chi connectivity index (χ3v) is 4.79. The average Bonchev–Trinajstić information content (AvgIpc) is 2.91. The molecule has 94 valence electrons. The van der Waals surface area contributed by atoms with Gasteiger partial charge in [-0.05, 0) is 25.7 Å². The summed E-state index contributed by atoms with van der Waals surface area (Å²) >= 11 is 0. The highest BCUT2D eigenvalue weighted by Crippen LogP contribution is 2.49. The summed E-state index contributed by atoms with van der Waals surface area (Å²) in [7, 11) is 0. The topological polar surface area (TPSA) is 47.3 Å². The Labute approximate surface area is 99.1 Å². The Hall–Kier alpha value is -0.120. The molecule has 2 aliphatic rings. The molecule has 4 unspecified atom stereocenters. The summed E-state index contributed by atoms with van der Waals surface area (Å²) in [5.41, 5.74) is 6.48. The molecule has 2 aliphatic carbocycles. The number of nitrogens with two attached hydrogens (primary N) is 1. The molecule has 16 heavy (non-hydrogen) atoms. The van der Waals surface area contributed by atoms with E-state index in [0.29, 0.717) is 12.1 Å². The molecule has 0 aromatic rings. The molecule has 0 aromatic heterocycles. The van der Waals surface area contributed by atoms with Gasteiger partial charge < -0.3 is 15.8 Å². The lowest BCUT2D eigenvalue weighted by atomic mass is 9.54. The predicted octanol–water partition coefficient (Wildman–Crippen LogP) is 1.52. The van der Waals surface area contributed by atoms with Gasteiger partial charge >= 0.3 is 0 Å². The fraction of sp³-hybridized carbons (Fsp3) is 1.00. The van der Waals surface area contributed by atoms with E-state index in [1.807, 2.05) is 0 Å². The molecule has 0 aromatic carbocycles. The second-order valence-electron chi connectivity index (χ2n) is 6.23. The molecule has 0 spiro atoms. The van der Waals surface area contributed by atoms with Gasteiger partial charge in [0.15, 0.2) is 0 Å². The Bertz CT molecular complexity index is 267. The summed E-state index contributed by atoms with van der Waals surface area (Å²) in [4.78, 5) is 0. The van der Waals surface area contributed by atoms with E-state index in [1.54, 1.807) is 0 Å². The van der Waals surface area contributed by atoms with E-state index in [0.717, 1.165) is 25.5 Å². The highest BCUT2D eigenvalue weighted by molar-refractivity contribution is 5.15. The summed E-state index contributed by atoms with van der Waals surface area (Å²) in [6.07, 6.45) is 2.63. The first-order chi connectivity index (χ1) is 7.40. The second-order valence-corrected chi connectivity index (χ2v) is 6.23. The third kappa shape index (κ3) is 1.89. The Morgan fingerprint density at radius 1 is 1.44 bits per heavy atom. The van der Waals surface area contributed by atoms with Crippen LogP contribution in [0.4, 0.5) is 0 Å². The van der Waals surface area contributed by atoms with E-state index in [1.165, 1.54) is 6.42 Å². The van der Waals surface area contributed by atoms with Crippen LogP contribution in [-0.2, 0) is 4.74 Å². The van der Waals surface area contributed by atoms with Crippen molar-refractivity contribution in [2.24, 2.45) is 17.1 Å². The van der Waals surface area contributed by atoms with Gasteiger partial charge in [0.05, 0.1) is 6.10 Å². The predicted molar refractivity (Wildman–Crippen MR) is 66.3 cm³/mol. The Morgan fingerprint density at radius 3 is 2.50 bits per heavy atom. The molecule has 0 heterocycles. The average molecular weight is 226 g/mol. The van der Waals surface area contributed by atoms with E-state index in [4.69, 9.17) is 10.5 Å². The van der Waals surface area contributed by atoms with Gasteiger partial charge in [-0.2, -0.15) is 0 Å². The highest BCUT2D eigenvalue weighted by Gasteiger charge is 2.58. The van der Waals surface area contributed by atoms with Crippen LogP contribution in [0.1, 0.15) is 40.5 Å². The maximum absolute atomic E-state index is 6.48. The van der Waals surface area contributed by atoms with E-state index in [-0.39, 0.29) is 11.0 Å². The van der Waals surface area contributed by atoms with Crippen LogP contribution >= 0.6 is 0 Å². The fourth-order valence-electron chi connectivity index (χ4n) is 2.73. The zero-order valence-corrected chi connectivity index (χ0v) is 11.0. The van der Waals surface area contributed by atoms with Gasteiger partial charge in [-0.25, -0.2) is 0 Å². The normalized spacial score (nSPS) is 45.2. The highest BCUT2D eigenvalue weighted by atomic mass is 16.5. The molecule has 0 bridgehead atoms.